The Bertz CT molecular complexity index is 392. The number of halogens is 2. The second-order valence-electron chi connectivity index (χ2n) is 2.96. The third-order valence-corrected chi connectivity index (χ3v) is 3.44. The summed E-state index contributed by atoms with van der Waals surface area (Å²) < 4.78 is 0. The Labute approximate surface area is 96.9 Å². The fourth-order valence-corrected chi connectivity index (χ4v) is 2.61. The van der Waals surface area contributed by atoms with Gasteiger partial charge in [-0.25, -0.2) is 0 Å². The van der Waals surface area contributed by atoms with Gasteiger partial charge in [-0.05, 0) is 18.2 Å². The molecule has 0 saturated carbocycles. The van der Waals surface area contributed by atoms with Gasteiger partial charge in [0, 0.05) is 17.6 Å². The minimum Gasteiger partial charge on any atom is -0.289 e. The van der Waals surface area contributed by atoms with Crippen LogP contribution < -0.4 is 0 Å². The summed E-state index contributed by atoms with van der Waals surface area (Å²) in [7, 11) is 1.93. The molecule has 0 aliphatic carbocycles. The molecule has 0 atom stereocenters. The number of nitrogens with zero attached hydrogens (tertiary/aromatic N) is 2. The molecule has 1 aliphatic heterocycles. The standard InChI is InChI=1S/C9H8Cl2N2S/c1-13-5-14-9(12-13)7-3-2-6(10)4-8(7)11/h2-4H,5H2,1H3. The zero-order valence-corrected chi connectivity index (χ0v) is 9.83. The van der Waals surface area contributed by atoms with Crippen LogP contribution in [0.5, 0.6) is 0 Å². The van der Waals surface area contributed by atoms with E-state index in [1.165, 1.54) is 0 Å². The number of thioether (sulfide) groups is 1. The van der Waals surface area contributed by atoms with E-state index in [1.54, 1.807) is 17.8 Å². The van der Waals surface area contributed by atoms with Gasteiger partial charge in [-0.2, -0.15) is 5.10 Å². The molecule has 0 radical (unpaired) electrons. The minimum absolute atomic E-state index is 0.649. The maximum Gasteiger partial charge on any atom is 0.127 e. The van der Waals surface area contributed by atoms with Crippen LogP contribution in [-0.2, 0) is 0 Å². The first kappa shape index (κ1) is 10.1. The van der Waals surface area contributed by atoms with Crippen molar-refractivity contribution < 1.29 is 0 Å². The van der Waals surface area contributed by atoms with Gasteiger partial charge >= 0.3 is 0 Å². The van der Waals surface area contributed by atoms with Crippen molar-refractivity contribution in [3.05, 3.63) is 33.8 Å². The van der Waals surface area contributed by atoms with Crippen LogP contribution in [0.3, 0.4) is 0 Å². The maximum absolute atomic E-state index is 6.06. The lowest BCUT2D eigenvalue weighted by Crippen LogP contribution is -2.02. The third-order valence-electron chi connectivity index (χ3n) is 1.81. The van der Waals surface area contributed by atoms with Crippen molar-refractivity contribution in [2.45, 2.75) is 0 Å². The average Bonchev–Trinajstić information content (AvgIpc) is 2.51. The SMILES string of the molecule is CN1CSC(c2ccc(Cl)cc2Cl)=N1. The van der Waals surface area contributed by atoms with E-state index in [2.05, 4.69) is 5.10 Å². The van der Waals surface area contributed by atoms with Crippen LogP contribution in [0.4, 0.5) is 0 Å². The van der Waals surface area contributed by atoms with Crippen molar-refractivity contribution >= 4 is 40.0 Å². The fourth-order valence-electron chi connectivity index (χ4n) is 1.16. The highest BCUT2D eigenvalue weighted by molar-refractivity contribution is 8.14. The first-order valence-corrected chi connectivity index (χ1v) is 5.79. The van der Waals surface area contributed by atoms with Crippen LogP contribution in [0.25, 0.3) is 0 Å². The number of benzene rings is 1. The number of hydrazone groups is 1. The molecule has 1 aromatic carbocycles. The molecule has 0 saturated heterocycles. The van der Waals surface area contributed by atoms with Gasteiger partial charge in [0.25, 0.3) is 0 Å². The first-order chi connectivity index (χ1) is 6.66. The second kappa shape index (κ2) is 4.01. The summed E-state index contributed by atoms with van der Waals surface area (Å²) in [6.07, 6.45) is 0. The molecular formula is C9H8Cl2N2S. The van der Waals surface area contributed by atoms with Crippen molar-refractivity contribution in [2.24, 2.45) is 5.10 Å². The summed E-state index contributed by atoms with van der Waals surface area (Å²) in [5, 5.41) is 8.47. The predicted octanol–water partition coefficient (Wildman–Crippen LogP) is 3.29. The van der Waals surface area contributed by atoms with Gasteiger partial charge in [0.2, 0.25) is 0 Å². The zero-order valence-electron chi connectivity index (χ0n) is 7.50. The number of rotatable bonds is 1. The predicted molar refractivity (Wildman–Crippen MR) is 63.2 cm³/mol. The molecule has 74 valence electrons. The molecule has 0 aromatic heterocycles. The van der Waals surface area contributed by atoms with E-state index in [9.17, 15) is 0 Å². The summed E-state index contributed by atoms with van der Waals surface area (Å²) in [5.74, 6) is 0.869. The molecule has 0 N–H and O–H groups in total. The fraction of sp³-hybridized carbons (Fsp3) is 0.222. The average molecular weight is 247 g/mol. The molecule has 14 heavy (non-hydrogen) atoms. The zero-order chi connectivity index (χ0) is 10.1. The van der Waals surface area contributed by atoms with E-state index in [4.69, 9.17) is 23.2 Å². The molecule has 0 unspecified atom stereocenters. The summed E-state index contributed by atoms with van der Waals surface area (Å²) in [6, 6.07) is 5.46. The Kier molecular flexibility index (Phi) is 2.91. The summed E-state index contributed by atoms with van der Waals surface area (Å²) in [5.41, 5.74) is 0.949. The lowest BCUT2D eigenvalue weighted by atomic mass is 10.2. The third kappa shape index (κ3) is 2.00. The smallest absolute Gasteiger partial charge is 0.127 e. The van der Waals surface area contributed by atoms with Gasteiger partial charge in [0.15, 0.2) is 0 Å². The van der Waals surface area contributed by atoms with Gasteiger partial charge < -0.3 is 0 Å². The highest BCUT2D eigenvalue weighted by Gasteiger charge is 2.16. The number of hydrogen-bond acceptors (Lipinski definition) is 3. The normalized spacial score (nSPS) is 15.9. The van der Waals surface area contributed by atoms with E-state index in [-0.39, 0.29) is 0 Å². The Hall–Kier alpha value is -0.380. The van der Waals surface area contributed by atoms with Crippen molar-refractivity contribution in [2.75, 3.05) is 12.9 Å². The largest absolute Gasteiger partial charge is 0.289 e. The highest BCUT2D eigenvalue weighted by Crippen LogP contribution is 2.28. The number of hydrogen-bond donors (Lipinski definition) is 0. The van der Waals surface area contributed by atoms with Crippen LogP contribution in [0.15, 0.2) is 23.3 Å². The van der Waals surface area contributed by atoms with Gasteiger partial charge in [0.05, 0.1) is 10.9 Å². The van der Waals surface area contributed by atoms with E-state index in [0.717, 1.165) is 16.5 Å². The summed E-state index contributed by atoms with van der Waals surface area (Å²) in [6.45, 7) is 0. The second-order valence-corrected chi connectivity index (χ2v) is 4.74. The topological polar surface area (TPSA) is 15.6 Å². The molecule has 0 amide bonds. The van der Waals surface area contributed by atoms with Crippen LogP contribution in [0, 0.1) is 0 Å². The minimum atomic E-state index is 0.649. The summed E-state index contributed by atoms with van der Waals surface area (Å²) in [4.78, 5) is 0. The van der Waals surface area contributed by atoms with E-state index < -0.39 is 0 Å². The van der Waals surface area contributed by atoms with Crippen molar-refractivity contribution in [1.82, 2.24) is 5.01 Å². The molecule has 0 spiro atoms. The molecule has 2 nitrogen and oxygen atoms in total. The molecule has 0 fully saturated rings. The lowest BCUT2D eigenvalue weighted by Gasteiger charge is -2.02. The Balaban J connectivity index is 2.37. The summed E-state index contributed by atoms with van der Waals surface area (Å²) >= 11 is 13.5. The van der Waals surface area contributed by atoms with Crippen LogP contribution in [0.2, 0.25) is 10.0 Å². The molecule has 1 aliphatic rings. The molecular weight excluding hydrogens is 239 g/mol. The Morgan fingerprint density at radius 3 is 2.79 bits per heavy atom. The van der Waals surface area contributed by atoms with E-state index in [0.29, 0.717) is 10.0 Å². The van der Waals surface area contributed by atoms with Crippen LogP contribution in [-0.4, -0.2) is 23.0 Å². The maximum atomic E-state index is 6.06. The van der Waals surface area contributed by atoms with Gasteiger partial charge in [-0.15, -0.1) is 0 Å². The van der Waals surface area contributed by atoms with Crippen LogP contribution >= 0.6 is 35.0 Å². The molecule has 1 heterocycles. The molecule has 2 rings (SSSR count). The Morgan fingerprint density at radius 2 is 2.21 bits per heavy atom. The molecule has 5 heteroatoms. The van der Waals surface area contributed by atoms with Gasteiger partial charge in [-0.3, -0.25) is 5.01 Å². The quantitative estimate of drug-likeness (QED) is 0.756. The van der Waals surface area contributed by atoms with E-state index in [1.807, 2.05) is 24.2 Å². The monoisotopic (exact) mass is 246 g/mol. The van der Waals surface area contributed by atoms with Gasteiger partial charge in [-0.1, -0.05) is 35.0 Å². The Morgan fingerprint density at radius 1 is 1.43 bits per heavy atom. The highest BCUT2D eigenvalue weighted by atomic mass is 35.5. The van der Waals surface area contributed by atoms with Crippen molar-refractivity contribution in [3.63, 3.8) is 0 Å². The van der Waals surface area contributed by atoms with E-state index >= 15 is 0 Å². The lowest BCUT2D eigenvalue weighted by molar-refractivity contribution is 0.430. The van der Waals surface area contributed by atoms with Crippen molar-refractivity contribution in [1.29, 1.82) is 0 Å². The first-order valence-electron chi connectivity index (χ1n) is 4.05. The van der Waals surface area contributed by atoms with Crippen molar-refractivity contribution in [3.8, 4) is 0 Å². The molecule has 1 aromatic rings. The van der Waals surface area contributed by atoms with Crippen LogP contribution in [0.1, 0.15) is 5.56 Å². The van der Waals surface area contributed by atoms with Gasteiger partial charge in [0.1, 0.15) is 5.04 Å². The molecule has 0 bridgehead atoms.